The van der Waals surface area contributed by atoms with E-state index in [2.05, 4.69) is 9.88 Å². The number of hydrogen-bond donors (Lipinski definition) is 1. The van der Waals surface area contributed by atoms with Crippen molar-refractivity contribution in [3.63, 3.8) is 0 Å². The van der Waals surface area contributed by atoms with E-state index in [-0.39, 0.29) is 35.5 Å². The van der Waals surface area contributed by atoms with E-state index in [1.54, 1.807) is 28.1 Å². The highest BCUT2D eigenvalue weighted by molar-refractivity contribution is 7.89. The molecular weight excluding hydrogens is 455 g/mol. The molecule has 2 aromatic carbocycles. The van der Waals surface area contributed by atoms with Gasteiger partial charge in [-0.05, 0) is 36.6 Å². The predicted octanol–water partition coefficient (Wildman–Crippen LogP) is 2.84. The molecule has 34 heavy (non-hydrogen) atoms. The van der Waals surface area contributed by atoms with Crippen LogP contribution >= 0.6 is 0 Å². The van der Waals surface area contributed by atoms with Gasteiger partial charge in [0.05, 0.1) is 12.9 Å². The first-order chi connectivity index (χ1) is 16.4. The highest BCUT2D eigenvalue weighted by atomic mass is 32.2. The number of aromatic nitrogens is 2. The van der Waals surface area contributed by atoms with Gasteiger partial charge in [-0.1, -0.05) is 42.5 Å². The summed E-state index contributed by atoms with van der Waals surface area (Å²) >= 11 is 0. The fourth-order valence-corrected chi connectivity index (χ4v) is 6.82. The smallest absolute Gasteiger partial charge is 0.262 e. The largest absolute Gasteiger partial charge is 0.395 e. The normalized spacial score (nSPS) is 24.1. The third kappa shape index (κ3) is 4.07. The Morgan fingerprint density at radius 1 is 1.09 bits per heavy atom. The van der Waals surface area contributed by atoms with E-state index in [1.807, 2.05) is 30.3 Å². The molecule has 0 spiro atoms. The van der Waals surface area contributed by atoms with E-state index in [0.717, 1.165) is 30.5 Å². The molecule has 0 amide bonds. The van der Waals surface area contributed by atoms with Crippen LogP contribution in [0.25, 0.3) is 11.1 Å². The molecule has 3 heterocycles. The highest BCUT2D eigenvalue weighted by Gasteiger charge is 2.50. The zero-order valence-electron chi connectivity index (χ0n) is 19.1. The molecule has 2 saturated heterocycles. The second kappa shape index (κ2) is 9.22. The molecule has 2 aliphatic rings. The zero-order chi connectivity index (χ0) is 23.9. The number of benzene rings is 2. The molecule has 0 aliphatic carbocycles. The lowest BCUT2D eigenvalue weighted by Crippen LogP contribution is -2.67. The van der Waals surface area contributed by atoms with Gasteiger partial charge in [0.25, 0.3) is 10.0 Å². The Kier molecular flexibility index (Phi) is 6.28. The van der Waals surface area contributed by atoms with Crippen LogP contribution in [0.1, 0.15) is 24.3 Å². The summed E-state index contributed by atoms with van der Waals surface area (Å²) < 4.78 is 44.0. The van der Waals surface area contributed by atoms with E-state index in [0.29, 0.717) is 18.7 Å². The first kappa shape index (κ1) is 23.2. The van der Waals surface area contributed by atoms with Crippen molar-refractivity contribution in [2.24, 2.45) is 7.05 Å². The van der Waals surface area contributed by atoms with Gasteiger partial charge in [-0.25, -0.2) is 17.8 Å². The topological polar surface area (TPSA) is 78.7 Å². The number of imidazole rings is 1. The number of nitrogens with zero attached hydrogens (tertiary/aromatic N) is 4. The first-order valence-corrected chi connectivity index (χ1v) is 13.0. The van der Waals surface area contributed by atoms with Crippen LogP contribution in [0, 0.1) is 5.82 Å². The van der Waals surface area contributed by atoms with Gasteiger partial charge in [0.1, 0.15) is 5.82 Å². The zero-order valence-corrected chi connectivity index (χ0v) is 19.9. The van der Waals surface area contributed by atoms with Crippen molar-refractivity contribution in [3.05, 3.63) is 72.4 Å². The average Bonchev–Trinajstić information content (AvgIpc) is 3.26. The minimum atomic E-state index is -3.71. The lowest BCUT2D eigenvalue weighted by molar-refractivity contribution is -0.0554. The van der Waals surface area contributed by atoms with Gasteiger partial charge in [0, 0.05) is 49.9 Å². The Labute approximate surface area is 199 Å². The summed E-state index contributed by atoms with van der Waals surface area (Å²) in [5.74, 6) is -0.284. The number of aryl methyl sites for hydroxylation is 1. The molecule has 0 unspecified atom stereocenters. The maximum Gasteiger partial charge on any atom is 0.262 e. The molecule has 1 aromatic heterocycles. The number of fused-ring (bicyclic) bond motifs is 1. The second-order valence-electron chi connectivity index (χ2n) is 9.13. The molecule has 9 heteroatoms. The van der Waals surface area contributed by atoms with E-state index in [1.165, 1.54) is 18.6 Å². The number of hydrogen-bond acceptors (Lipinski definition) is 5. The van der Waals surface area contributed by atoms with Gasteiger partial charge in [-0.2, -0.15) is 4.31 Å². The monoisotopic (exact) mass is 484 g/mol. The molecule has 2 fully saturated rings. The minimum absolute atomic E-state index is 0.00320. The van der Waals surface area contributed by atoms with Crippen LogP contribution in [0.4, 0.5) is 4.39 Å². The number of sulfonamides is 1. The molecule has 5 rings (SSSR count). The molecular formula is C25H29FN4O3S. The molecule has 0 saturated carbocycles. The molecule has 0 bridgehead atoms. The van der Waals surface area contributed by atoms with E-state index in [9.17, 15) is 17.9 Å². The maximum atomic E-state index is 14.2. The van der Waals surface area contributed by atoms with E-state index >= 15 is 0 Å². The standard InChI is InChI=1S/C25H29FN4O3S/c1-28-15-24(27-17-28)34(32,33)29-12-4-5-13-30-22(14-29)25(23(30)16-31)19-10-8-18(9-11-19)20-6-2-3-7-21(20)26/h2-3,6-11,15,17,22-23,25,31H,4-5,12-14,16H2,1H3/t22-,23-,25-/m0/s1. The summed E-state index contributed by atoms with van der Waals surface area (Å²) in [5, 5.41) is 10.2. The molecule has 1 N–H and O–H groups in total. The van der Waals surface area contributed by atoms with Gasteiger partial charge in [0.15, 0.2) is 5.03 Å². The van der Waals surface area contributed by atoms with Crippen LogP contribution in [0.3, 0.4) is 0 Å². The van der Waals surface area contributed by atoms with Crippen molar-refractivity contribution in [3.8, 4) is 11.1 Å². The lowest BCUT2D eigenvalue weighted by atomic mass is 9.74. The number of aliphatic hydroxyl groups is 1. The third-order valence-electron chi connectivity index (χ3n) is 7.10. The molecule has 2 aliphatic heterocycles. The lowest BCUT2D eigenvalue weighted by Gasteiger charge is -2.57. The van der Waals surface area contributed by atoms with Crippen LogP contribution in [0.2, 0.25) is 0 Å². The summed E-state index contributed by atoms with van der Waals surface area (Å²) in [6, 6.07) is 14.3. The minimum Gasteiger partial charge on any atom is -0.395 e. The number of rotatable bonds is 5. The van der Waals surface area contributed by atoms with Gasteiger partial charge >= 0.3 is 0 Å². The van der Waals surface area contributed by atoms with Crippen LogP contribution < -0.4 is 0 Å². The maximum absolute atomic E-state index is 14.2. The summed E-state index contributed by atoms with van der Waals surface area (Å²) in [7, 11) is -1.96. The van der Waals surface area contributed by atoms with Gasteiger partial charge in [-0.3, -0.25) is 4.90 Å². The quantitative estimate of drug-likeness (QED) is 0.603. The van der Waals surface area contributed by atoms with Crippen molar-refractivity contribution in [1.29, 1.82) is 0 Å². The number of halogens is 1. The van der Waals surface area contributed by atoms with Crippen molar-refractivity contribution < 1.29 is 17.9 Å². The van der Waals surface area contributed by atoms with Gasteiger partial charge in [-0.15, -0.1) is 0 Å². The van der Waals surface area contributed by atoms with E-state index < -0.39 is 10.0 Å². The molecule has 7 nitrogen and oxygen atoms in total. The Morgan fingerprint density at radius 2 is 1.82 bits per heavy atom. The Bertz CT molecular complexity index is 1260. The molecule has 3 aromatic rings. The van der Waals surface area contributed by atoms with Gasteiger partial charge in [0.2, 0.25) is 0 Å². The van der Waals surface area contributed by atoms with Crippen LogP contribution in [-0.2, 0) is 17.1 Å². The number of aliphatic hydroxyl groups excluding tert-OH is 1. The molecule has 0 radical (unpaired) electrons. The Balaban J connectivity index is 1.43. The SMILES string of the molecule is Cn1cnc(S(=O)(=O)N2CCCCN3[C@@H](CO)[C@@H](c4ccc(-c5ccccc5F)cc4)[C@@H]3C2)c1. The van der Waals surface area contributed by atoms with Crippen LogP contribution in [0.5, 0.6) is 0 Å². The van der Waals surface area contributed by atoms with Crippen molar-refractivity contribution in [2.45, 2.75) is 35.9 Å². The summed E-state index contributed by atoms with van der Waals surface area (Å²) in [4.78, 5) is 6.31. The first-order valence-electron chi connectivity index (χ1n) is 11.6. The van der Waals surface area contributed by atoms with E-state index in [4.69, 9.17) is 0 Å². The van der Waals surface area contributed by atoms with Crippen molar-refractivity contribution in [1.82, 2.24) is 18.8 Å². The summed E-state index contributed by atoms with van der Waals surface area (Å²) in [6.45, 7) is 1.63. The fraction of sp³-hybridized carbons (Fsp3) is 0.400. The summed E-state index contributed by atoms with van der Waals surface area (Å²) in [5.41, 5.74) is 2.35. The Hall–Kier alpha value is -2.59. The van der Waals surface area contributed by atoms with Gasteiger partial charge < -0.3 is 9.67 Å². The molecule has 180 valence electrons. The Morgan fingerprint density at radius 3 is 2.50 bits per heavy atom. The third-order valence-corrected chi connectivity index (χ3v) is 8.85. The molecule has 3 atom stereocenters. The van der Waals surface area contributed by atoms with Crippen molar-refractivity contribution >= 4 is 10.0 Å². The predicted molar refractivity (Wildman–Crippen MR) is 127 cm³/mol. The average molecular weight is 485 g/mol. The summed E-state index contributed by atoms with van der Waals surface area (Å²) in [6.07, 6.45) is 4.64. The van der Waals surface area contributed by atoms with Crippen molar-refractivity contribution in [2.75, 3.05) is 26.2 Å². The second-order valence-corrected chi connectivity index (χ2v) is 11.0. The van der Waals surface area contributed by atoms with Crippen LogP contribution in [0.15, 0.2) is 66.1 Å². The highest BCUT2D eigenvalue weighted by Crippen LogP contribution is 2.43. The fourth-order valence-electron chi connectivity index (χ4n) is 5.36. The van der Waals surface area contributed by atoms with Crippen LogP contribution in [-0.4, -0.2) is 70.6 Å².